The topological polar surface area (TPSA) is 47.3 Å². The van der Waals surface area contributed by atoms with Gasteiger partial charge in [-0.3, -0.25) is 0 Å². The molecule has 19 heavy (non-hydrogen) atoms. The number of anilines is 2. The fraction of sp³-hybridized carbons (Fsp3) is 0.0714. The molecule has 0 aliphatic carbocycles. The predicted molar refractivity (Wildman–Crippen MR) is 70.2 cm³/mol. The van der Waals surface area contributed by atoms with E-state index in [4.69, 9.17) is 9.15 Å². The van der Waals surface area contributed by atoms with Crippen LogP contribution in [0.2, 0.25) is 0 Å². The van der Waals surface area contributed by atoms with Crippen LogP contribution in [-0.2, 0) is 0 Å². The number of aromatic nitrogens is 1. The molecule has 4 nitrogen and oxygen atoms in total. The standard InChI is InChI=1S/C14H11FN2O2/c1-18-12-7-6-9(8-10(12)15)16-14-17-11-4-2-3-5-13(11)19-14/h2-8H,1H3,(H,16,17). The van der Waals surface area contributed by atoms with E-state index in [0.29, 0.717) is 17.3 Å². The number of nitrogens with one attached hydrogen (secondary N) is 1. The highest BCUT2D eigenvalue weighted by molar-refractivity contribution is 5.75. The number of fused-ring (bicyclic) bond motifs is 1. The van der Waals surface area contributed by atoms with E-state index >= 15 is 0 Å². The molecule has 0 atom stereocenters. The minimum Gasteiger partial charge on any atom is -0.494 e. The van der Waals surface area contributed by atoms with Gasteiger partial charge in [-0.1, -0.05) is 12.1 Å². The van der Waals surface area contributed by atoms with E-state index < -0.39 is 5.82 Å². The van der Waals surface area contributed by atoms with Crippen LogP contribution in [0.1, 0.15) is 0 Å². The lowest BCUT2D eigenvalue weighted by Gasteiger charge is -2.04. The van der Waals surface area contributed by atoms with Gasteiger partial charge in [0.25, 0.3) is 6.01 Å². The fourth-order valence-corrected chi connectivity index (χ4v) is 1.79. The summed E-state index contributed by atoms with van der Waals surface area (Å²) in [4.78, 5) is 4.25. The zero-order valence-corrected chi connectivity index (χ0v) is 10.2. The molecule has 0 amide bonds. The monoisotopic (exact) mass is 258 g/mol. The maximum atomic E-state index is 13.5. The molecular weight excluding hydrogens is 247 g/mol. The third-order valence-electron chi connectivity index (χ3n) is 2.70. The highest BCUT2D eigenvalue weighted by atomic mass is 19.1. The summed E-state index contributed by atoms with van der Waals surface area (Å²) >= 11 is 0. The second kappa shape index (κ2) is 4.61. The molecule has 0 saturated carbocycles. The number of rotatable bonds is 3. The van der Waals surface area contributed by atoms with Crippen molar-refractivity contribution in [2.24, 2.45) is 0 Å². The van der Waals surface area contributed by atoms with Crippen LogP contribution in [-0.4, -0.2) is 12.1 Å². The Hall–Kier alpha value is -2.56. The summed E-state index contributed by atoms with van der Waals surface area (Å²) in [5.41, 5.74) is 1.97. The number of ether oxygens (including phenoxy) is 1. The lowest BCUT2D eigenvalue weighted by molar-refractivity contribution is 0.386. The number of hydrogen-bond donors (Lipinski definition) is 1. The van der Waals surface area contributed by atoms with Gasteiger partial charge in [-0.2, -0.15) is 4.98 Å². The lowest BCUT2D eigenvalue weighted by Crippen LogP contribution is -1.93. The quantitative estimate of drug-likeness (QED) is 0.777. The first-order valence-corrected chi connectivity index (χ1v) is 5.72. The molecule has 2 aromatic carbocycles. The summed E-state index contributed by atoms with van der Waals surface area (Å²) in [6, 6.07) is 12.3. The highest BCUT2D eigenvalue weighted by Crippen LogP contribution is 2.25. The minimum absolute atomic E-state index is 0.197. The number of hydrogen-bond acceptors (Lipinski definition) is 4. The molecular formula is C14H11FN2O2. The van der Waals surface area contributed by atoms with E-state index in [0.717, 1.165) is 5.52 Å². The maximum Gasteiger partial charge on any atom is 0.300 e. The number of nitrogens with zero attached hydrogens (tertiary/aromatic N) is 1. The summed E-state index contributed by atoms with van der Waals surface area (Å²) in [5.74, 6) is -0.244. The van der Waals surface area contributed by atoms with Gasteiger partial charge in [0.2, 0.25) is 0 Å². The van der Waals surface area contributed by atoms with Crippen molar-refractivity contribution in [3.05, 3.63) is 48.3 Å². The van der Waals surface area contributed by atoms with Crippen LogP contribution < -0.4 is 10.1 Å². The van der Waals surface area contributed by atoms with Crippen molar-refractivity contribution in [1.82, 2.24) is 4.98 Å². The van der Waals surface area contributed by atoms with Crippen molar-refractivity contribution < 1.29 is 13.5 Å². The maximum absolute atomic E-state index is 13.5. The van der Waals surface area contributed by atoms with Crippen molar-refractivity contribution >= 4 is 22.8 Å². The molecule has 0 fully saturated rings. The third-order valence-corrected chi connectivity index (χ3v) is 2.70. The Labute approximate surface area is 108 Å². The molecule has 1 heterocycles. The normalized spacial score (nSPS) is 10.6. The number of para-hydroxylation sites is 2. The Morgan fingerprint density at radius 3 is 2.79 bits per heavy atom. The molecule has 1 N–H and O–H groups in total. The SMILES string of the molecule is COc1ccc(Nc2nc3ccccc3o2)cc1F. The van der Waals surface area contributed by atoms with Crippen molar-refractivity contribution in [2.75, 3.05) is 12.4 Å². The molecule has 0 saturated heterocycles. The molecule has 96 valence electrons. The Balaban J connectivity index is 1.90. The number of oxazole rings is 1. The van der Waals surface area contributed by atoms with Crippen molar-refractivity contribution in [3.63, 3.8) is 0 Å². The van der Waals surface area contributed by atoms with E-state index in [-0.39, 0.29) is 5.75 Å². The Morgan fingerprint density at radius 2 is 2.05 bits per heavy atom. The average Bonchev–Trinajstić information content (AvgIpc) is 2.81. The fourth-order valence-electron chi connectivity index (χ4n) is 1.79. The van der Waals surface area contributed by atoms with E-state index in [1.54, 1.807) is 12.1 Å². The van der Waals surface area contributed by atoms with Crippen LogP contribution in [0.4, 0.5) is 16.1 Å². The van der Waals surface area contributed by atoms with Crippen LogP contribution in [0.25, 0.3) is 11.1 Å². The zero-order valence-electron chi connectivity index (χ0n) is 10.2. The molecule has 0 unspecified atom stereocenters. The van der Waals surface area contributed by atoms with Gasteiger partial charge in [0, 0.05) is 11.8 Å². The van der Waals surface area contributed by atoms with Crippen LogP contribution in [0.3, 0.4) is 0 Å². The number of halogens is 1. The van der Waals surface area contributed by atoms with Gasteiger partial charge in [0.05, 0.1) is 7.11 Å². The summed E-state index contributed by atoms with van der Waals surface area (Å²) in [7, 11) is 1.42. The van der Waals surface area contributed by atoms with E-state index in [9.17, 15) is 4.39 Å². The summed E-state index contributed by atoms with van der Waals surface area (Å²) in [6.07, 6.45) is 0. The summed E-state index contributed by atoms with van der Waals surface area (Å²) in [6.45, 7) is 0. The second-order valence-electron chi connectivity index (χ2n) is 3.96. The van der Waals surface area contributed by atoms with Gasteiger partial charge >= 0.3 is 0 Å². The molecule has 0 aliphatic rings. The molecule has 0 bridgehead atoms. The molecule has 3 rings (SSSR count). The van der Waals surface area contributed by atoms with Crippen molar-refractivity contribution in [1.29, 1.82) is 0 Å². The third kappa shape index (κ3) is 2.22. The van der Waals surface area contributed by atoms with E-state index in [1.165, 1.54) is 13.2 Å². The molecule has 1 aromatic heterocycles. The van der Waals surface area contributed by atoms with Crippen LogP contribution >= 0.6 is 0 Å². The smallest absolute Gasteiger partial charge is 0.300 e. The first-order chi connectivity index (χ1) is 9.26. The van der Waals surface area contributed by atoms with Crippen molar-refractivity contribution in [2.45, 2.75) is 0 Å². The number of methoxy groups -OCH3 is 1. The molecule has 0 radical (unpaired) electrons. The van der Waals surface area contributed by atoms with Gasteiger partial charge in [-0.15, -0.1) is 0 Å². The summed E-state index contributed by atoms with van der Waals surface area (Å²) < 4.78 is 23.9. The van der Waals surface area contributed by atoms with Gasteiger partial charge in [-0.05, 0) is 24.3 Å². The van der Waals surface area contributed by atoms with E-state index in [1.807, 2.05) is 24.3 Å². The van der Waals surface area contributed by atoms with Gasteiger partial charge in [-0.25, -0.2) is 4.39 Å². The second-order valence-corrected chi connectivity index (χ2v) is 3.96. The first-order valence-electron chi connectivity index (χ1n) is 5.72. The molecule has 3 aromatic rings. The predicted octanol–water partition coefficient (Wildman–Crippen LogP) is 3.72. The minimum atomic E-state index is -0.441. The van der Waals surface area contributed by atoms with Gasteiger partial charge < -0.3 is 14.5 Å². The average molecular weight is 258 g/mol. The van der Waals surface area contributed by atoms with Gasteiger partial charge in [0.1, 0.15) is 5.52 Å². The molecule has 0 spiro atoms. The summed E-state index contributed by atoms with van der Waals surface area (Å²) in [5, 5.41) is 2.91. The van der Waals surface area contributed by atoms with E-state index in [2.05, 4.69) is 10.3 Å². The zero-order chi connectivity index (χ0) is 13.2. The van der Waals surface area contributed by atoms with Crippen molar-refractivity contribution in [3.8, 4) is 5.75 Å². The molecule has 5 heteroatoms. The Morgan fingerprint density at radius 1 is 1.21 bits per heavy atom. The van der Waals surface area contributed by atoms with Crippen LogP contribution in [0.5, 0.6) is 5.75 Å². The number of benzene rings is 2. The highest BCUT2D eigenvalue weighted by Gasteiger charge is 2.07. The van der Waals surface area contributed by atoms with Crippen LogP contribution in [0.15, 0.2) is 46.9 Å². The van der Waals surface area contributed by atoms with Crippen LogP contribution in [0, 0.1) is 5.82 Å². The first kappa shape index (κ1) is 11.5. The largest absolute Gasteiger partial charge is 0.494 e. The Bertz CT molecular complexity index is 691. The Kier molecular flexibility index (Phi) is 2.79. The lowest BCUT2D eigenvalue weighted by atomic mass is 10.3. The van der Waals surface area contributed by atoms with Gasteiger partial charge in [0.15, 0.2) is 17.1 Å². The molecule has 0 aliphatic heterocycles.